The average molecular weight is 432 g/mol. The maximum absolute atomic E-state index is 12.9. The Kier molecular flexibility index (Phi) is 6.65. The van der Waals surface area contributed by atoms with Gasteiger partial charge < -0.3 is 5.73 Å². The molecule has 0 amide bonds. The van der Waals surface area contributed by atoms with Gasteiger partial charge in [-0.05, 0) is 55.8 Å². The highest BCUT2D eigenvalue weighted by molar-refractivity contribution is 8.22. The topological polar surface area (TPSA) is 26.0 Å². The zero-order valence-electron chi connectivity index (χ0n) is 16.0. The van der Waals surface area contributed by atoms with E-state index in [0.29, 0.717) is 11.3 Å². The van der Waals surface area contributed by atoms with Crippen LogP contribution in [0.5, 0.6) is 0 Å². The highest BCUT2D eigenvalue weighted by Crippen LogP contribution is 2.42. The van der Waals surface area contributed by atoms with E-state index in [9.17, 15) is 13.2 Å². The molecule has 0 bridgehead atoms. The molecule has 0 aromatic heterocycles. The van der Waals surface area contributed by atoms with Crippen LogP contribution in [0.15, 0.2) is 86.8 Å². The molecule has 0 aliphatic rings. The first-order valence-electron chi connectivity index (χ1n) is 8.89. The molecular weight excluding hydrogens is 411 g/mol. The van der Waals surface area contributed by atoms with E-state index in [1.165, 1.54) is 35.7 Å². The first kappa shape index (κ1) is 21.4. The van der Waals surface area contributed by atoms with Gasteiger partial charge in [0.1, 0.15) is 0 Å². The summed E-state index contributed by atoms with van der Waals surface area (Å²) in [4.78, 5) is 2.03. The second-order valence-corrected chi connectivity index (χ2v) is 9.03. The lowest BCUT2D eigenvalue weighted by Crippen LogP contribution is -2.05. The van der Waals surface area contributed by atoms with Crippen LogP contribution in [0.2, 0.25) is 0 Å². The van der Waals surface area contributed by atoms with Gasteiger partial charge in [0.2, 0.25) is 0 Å². The lowest BCUT2D eigenvalue weighted by Gasteiger charge is -2.13. The minimum atomic E-state index is -4.37. The van der Waals surface area contributed by atoms with E-state index in [-0.39, 0.29) is 0 Å². The van der Waals surface area contributed by atoms with Crippen molar-refractivity contribution in [3.63, 3.8) is 0 Å². The fraction of sp³-hybridized carbons (Fsp3) is 0.130. The van der Waals surface area contributed by atoms with Gasteiger partial charge in [-0.15, -0.1) is 0 Å². The minimum Gasteiger partial charge on any atom is -0.397 e. The van der Waals surface area contributed by atoms with Crippen molar-refractivity contribution in [3.8, 4) is 0 Å². The van der Waals surface area contributed by atoms with Crippen LogP contribution >= 0.6 is 23.5 Å². The molecule has 3 rings (SSSR count). The monoisotopic (exact) mass is 431 g/mol. The number of rotatable bonds is 5. The first-order valence-corrected chi connectivity index (χ1v) is 10.5. The third-order valence-corrected chi connectivity index (χ3v) is 6.53. The SMILES string of the molecule is Cc1ccc(SC(Sc2ccc(C)cc2)=C(N)c2ccc(C(F)(F)F)cc2)cc1. The Bertz CT molecular complexity index is 941. The van der Waals surface area contributed by atoms with Crippen molar-refractivity contribution in [1.82, 2.24) is 0 Å². The Morgan fingerprint density at radius 2 is 1.10 bits per heavy atom. The van der Waals surface area contributed by atoms with Crippen LogP contribution in [-0.2, 0) is 6.18 Å². The predicted molar refractivity (Wildman–Crippen MR) is 117 cm³/mol. The highest BCUT2D eigenvalue weighted by Gasteiger charge is 2.30. The summed E-state index contributed by atoms with van der Waals surface area (Å²) in [5.41, 5.74) is 9.05. The fourth-order valence-corrected chi connectivity index (χ4v) is 4.69. The van der Waals surface area contributed by atoms with Crippen LogP contribution in [0.3, 0.4) is 0 Å². The van der Waals surface area contributed by atoms with Gasteiger partial charge >= 0.3 is 6.18 Å². The molecule has 0 saturated heterocycles. The maximum atomic E-state index is 12.9. The first-order chi connectivity index (χ1) is 13.7. The Balaban J connectivity index is 1.97. The van der Waals surface area contributed by atoms with Crippen LogP contribution in [0, 0.1) is 13.8 Å². The van der Waals surface area contributed by atoms with Gasteiger partial charge in [0.25, 0.3) is 0 Å². The Hall–Kier alpha value is -2.31. The van der Waals surface area contributed by atoms with Gasteiger partial charge in [0, 0.05) is 9.79 Å². The molecule has 1 nitrogen and oxygen atoms in total. The van der Waals surface area contributed by atoms with E-state index < -0.39 is 11.7 Å². The molecule has 3 aromatic carbocycles. The molecule has 6 heteroatoms. The van der Waals surface area contributed by atoms with Crippen molar-refractivity contribution in [2.45, 2.75) is 29.8 Å². The smallest absolute Gasteiger partial charge is 0.397 e. The third-order valence-electron chi connectivity index (χ3n) is 4.21. The van der Waals surface area contributed by atoms with Gasteiger partial charge in [-0.3, -0.25) is 0 Å². The zero-order valence-corrected chi connectivity index (χ0v) is 17.6. The van der Waals surface area contributed by atoms with Crippen molar-refractivity contribution in [2.75, 3.05) is 0 Å². The molecule has 29 heavy (non-hydrogen) atoms. The number of hydrogen-bond acceptors (Lipinski definition) is 3. The number of thioether (sulfide) groups is 2. The van der Waals surface area contributed by atoms with Crippen LogP contribution in [0.4, 0.5) is 13.2 Å². The van der Waals surface area contributed by atoms with Crippen LogP contribution < -0.4 is 5.73 Å². The molecule has 2 N–H and O–H groups in total. The lowest BCUT2D eigenvalue weighted by molar-refractivity contribution is -0.137. The molecule has 0 aliphatic heterocycles. The average Bonchev–Trinajstić information content (AvgIpc) is 2.69. The number of alkyl halides is 3. The zero-order chi connectivity index (χ0) is 21.0. The van der Waals surface area contributed by atoms with E-state index in [2.05, 4.69) is 0 Å². The van der Waals surface area contributed by atoms with Gasteiger partial charge in [-0.2, -0.15) is 13.2 Å². The molecular formula is C23H20F3NS2. The molecule has 0 fully saturated rings. The standard InChI is InChI=1S/C23H20F3NS2/c1-15-3-11-19(12-4-15)28-22(29-20-13-5-16(2)6-14-20)21(27)17-7-9-18(10-8-17)23(24,25)26/h3-14H,27H2,1-2H3. The summed E-state index contributed by atoms with van der Waals surface area (Å²) in [6, 6.07) is 21.1. The molecule has 0 heterocycles. The summed E-state index contributed by atoms with van der Waals surface area (Å²) in [6.45, 7) is 4.03. The molecule has 0 radical (unpaired) electrons. The molecule has 0 unspecified atom stereocenters. The molecule has 0 aliphatic carbocycles. The largest absolute Gasteiger partial charge is 0.416 e. The summed E-state index contributed by atoms with van der Waals surface area (Å²) >= 11 is 3.01. The molecule has 0 spiro atoms. The fourth-order valence-electron chi connectivity index (χ4n) is 2.51. The number of halogens is 3. The minimum absolute atomic E-state index is 0.454. The van der Waals surface area contributed by atoms with Crippen molar-refractivity contribution in [3.05, 3.63) is 99.3 Å². The van der Waals surface area contributed by atoms with E-state index in [0.717, 1.165) is 37.3 Å². The Morgan fingerprint density at radius 3 is 1.48 bits per heavy atom. The predicted octanol–water partition coefficient (Wildman–Crippen LogP) is 7.49. The molecule has 0 saturated carbocycles. The Morgan fingerprint density at radius 1 is 0.690 bits per heavy atom. The van der Waals surface area contributed by atoms with E-state index >= 15 is 0 Å². The molecule has 3 aromatic rings. The number of hydrogen-bond donors (Lipinski definition) is 1. The summed E-state index contributed by atoms with van der Waals surface area (Å²) in [5, 5.41) is 0. The van der Waals surface area contributed by atoms with Crippen molar-refractivity contribution >= 4 is 29.2 Å². The summed E-state index contributed by atoms with van der Waals surface area (Å²) in [7, 11) is 0. The number of nitrogens with two attached hydrogens (primary N) is 1. The van der Waals surface area contributed by atoms with Gasteiger partial charge in [0.05, 0.1) is 15.5 Å². The number of aryl methyl sites for hydroxylation is 2. The highest BCUT2D eigenvalue weighted by atomic mass is 32.2. The maximum Gasteiger partial charge on any atom is 0.416 e. The molecule has 150 valence electrons. The summed E-state index contributed by atoms with van der Waals surface area (Å²) < 4.78 is 39.4. The van der Waals surface area contributed by atoms with Crippen molar-refractivity contribution < 1.29 is 13.2 Å². The van der Waals surface area contributed by atoms with Gasteiger partial charge in [-0.1, -0.05) is 71.0 Å². The quantitative estimate of drug-likeness (QED) is 0.424. The van der Waals surface area contributed by atoms with Crippen molar-refractivity contribution in [1.29, 1.82) is 0 Å². The van der Waals surface area contributed by atoms with E-state index in [1.54, 1.807) is 0 Å². The number of benzene rings is 3. The summed E-state index contributed by atoms with van der Waals surface area (Å²) in [5.74, 6) is 0. The van der Waals surface area contributed by atoms with Crippen LogP contribution in [0.1, 0.15) is 22.3 Å². The van der Waals surface area contributed by atoms with Gasteiger partial charge in [-0.25, -0.2) is 0 Å². The van der Waals surface area contributed by atoms with Crippen molar-refractivity contribution in [2.24, 2.45) is 5.73 Å². The molecule has 0 atom stereocenters. The lowest BCUT2D eigenvalue weighted by atomic mass is 10.1. The van der Waals surface area contributed by atoms with Crippen LogP contribution in [0.25, 0.3) is 5.70 Å². The van der Waals surface area contributed by atoms with E-state index in [4.69, 9.17) is 5.73 Å². The normalized spacial score (nSPS) is 11.3. The van der Waals surface area contributed by atoms with Gasteiger partial charge in [0.15, 0.2) is 0 Å². The third kappa shape index (κ3) is 5.84. The Labute approximate surface area is 177 Å². The van der Waals surface area contributed by atoms with E-state index in [1.807, 2.05) is 62.4 Å². The van der Waals surface area contributed by atoms with Crippen LogP contribution in [-0.4, -0.2) is 0 Å². The summed E-state index contributed by atoms with van der Waals surface area (Å²) in [6.07, 6.45) is -4.37. The second-order valence-electron chi connectivity index (χ2n) is 6.61. The second kappa shape index (κ2) is 9.01.